The molecule has 0 aliphatic heterocycles. The molecule has 0 aliphatic rings. The second-order valence-electron chi connectivity index (χ2n) is 19.4. The summed E-state index contributed by atoms with van der Waals surface area (Å²) in [5.41, 5.74) is 5.39. The van der Waals surface area contributed by atoms with Crippen molar-refractivity contribution < 1.29 is 42.7 Å². The lowest BCUT2D eigenvalue weighted by Gasteiger charge is -2.20. The van der Waals surface area contributed by atoms with Gasteiger partial charge in [-0.1, -0.05) is 236 Å². The van der Waals surface area contributed by atoms with Gasteiger partial charge in [-0.05, 0) is 77.0 Å². The van der Waals surface area contributed by atoms with Gasteiger partial charge >= 0.3 is 19.8 Å². The maximum Gasteiger partial charge on any atom is 0.472 e. The SMILES string of the molecule is CCCCCCC/C=C\C/C=C\C/C=C\CCCCCCCCCCC(=O)OC(COCCCCCCCCCCCCCC/C=C\CCCCCCCCCC)COP(=O)(O)OCC(N)C(=O)O. The Morgan fingerprint density at radius 2 is 0.797 bits per heavy atom. The van der Waals surface area contributed by atoms with E-state index in [9.17, 15) is 19.0 Å². The fraction of sp³-hybridized carbons (Fsp3) is 0.828. The summed E-state index contributed by atoms with van der Waals surface area (Å²) < 4.78 is 33.6. The molecule has 0 rings (SSSR count). The van der Waals surface area contributed by atoms with Gasteiger partial charge < -0.3 is 25.2 Å². The number of carbonyl (C=O) groups is 2. The number of rotatable bonds is 55. The lowest BCUT2D eigenvalue weighted by molar-refractivity contribution is -0.154. The fourth-order valence-electron chi connectivity index (χ4n) is 8.14. The van der Waals surface area contributed by atoms with Gasteiger partial charge in [0.05, 0.1) is 19.8 Å². The molecule has 3 atom stereocenters. The van der Waals surface area contributed by atoms with E-state index in [4.69, 9.17) is 29.4 Å². The highest BCUT2D eigenvalue weighted by atomic mass is 31.2. The maximum absolute atomic E-state index is 12.7. The minimum Gasteiger partial charge on any atom is -0.480 e. The molecule has 0 heterocycles. The van der Waals surface area contributed by atoms with Crippen molar-refractivity contribution in [2.24, 2.45) is 5.73 Å². The van der Waals surface area contributed by atoms with E-state index < -0.39 is 45.1 Å². The zero-order valence-electron chi connectivity index (χ0n) is 44.7. The van der Waals surface area contributed by atoms with Crippen LogP contribution in [0.1, 0.15) is 271 Å². The molecule has 0 fully saturated rings. The lowest BCUT2D eigenvalue weighted by atomic mass is 10.0. The van der Waals surface area contributed by atoms with Gasteiger partial charge in [0.1, 0.15) is 12.1 Å². The third-order valence-electron chi connectivity index (χ3n) is 12.6. The molecule has 0 saturated heterocycles. The summed E-state index contributed by atoms with van der Waals surface area (Å²) in [6, 6.07) is -1.48. The Labute approximate surface area is 424 Å². The number of phosphoric acid groups is 1. The summed E-state index contributed by atoms with van der Waals surface area (Å²) in [6.45, 7) is 3.90. The largest absolute Gasteiger partial charge is 0.480 e. The predicted molar refractivity (Wildman–Crippen MR) is 291 cm³/mol. The topological polar surface area (TPSA) is 155 Å². The summed E-state index contributed by atoms with van der Waals surface area (Å²) in [5, 5.41) is 8.95. The number of aliphatic carboxylic acids is 1. The molecule has 0 amide bonds. The average molecular weight is 994 g/mol. The van der Waals surface area contributed by atoms with Gasteiger partial charge in [0.2, 0.25) is 0 Å². The van der Waals surface area contributed by atoms with Crippen LogP contribution in [0.25, 0.3) is 0 Å². The van der Waals surface area contributed by atoms with E-state index in [0.717, 1.165) is 57.8 Å². The van der Waals surface area contributed by atoms with E-state index in [-0.39, 0.29) is 13.0 Å². The van der Waals surface area contributed by atoms with Crippen molar-refractivity contribution in [1.82, 2.24) is 0 Å². The number of phosphoric ester groups is 1. The Hall–Kier alpha value is -2.07. The van der Waals surface area contributed by atoms with Crippen molar-refractivity contribution >= 4 is 19.8 Å². The Morgan fingerprint density at radius 3 is 1.20 bits per heavy atom. The smallest absolute Gasteiger partial charge is 0.472 e. The van der Waals surface area contributed by atoms with Gasteiger partial charge in [-0.15, -0.1) is 0 Å². The van der Waals surface area contributed by atoms with Gasteiger partial charge in [0, 0.05) is 13.0 Å². The zero-order valence-corrected chi connectivity index (χ0v) is 45.6. The number of nitrogens with two attached hydrogens (primary N) is 1. The second kappa shape index (κ2) is 53.7. The number of ether oxygens (including phenoxy) is 2. The van der Waals surface area contributed by atoms with E-state index >= 15 is 0 Å². The van der Waals surface area contributed by atoms with Crippen molar-refractivity contribution in [3.8, 4) is 0 Å². The minimum absolute atomic E-state index is 0.0144. The van der Waals surface area contributed by atoms with Crippen LogP contribution in [0.3, 0.4) is 0 Å². The highest BCUT2D eigenvalue weighted by Gasteiger charge is 2.27. The average Bonchev–Trinajstić information content (AvgIpc) is 3.33. The van der Waals surface area contributed by atoms with Crippen LogP contribution in [0.15, 0.2) is 48.6 Å². The van der Waals surface area contributed by atoms with Crippen LogP contribution in [0, 0.1) is 0 Å². The van der Waals surface area contributed by atoms with Crippen molar-refractivity contribution in [2.75, 3.05) is 26.4 Å². The first kappa shape index (κ1) is 66.9. The van der Waals surface area contributed by atoms with Crippen molar-refractivity contribution in [1.29, 1.82) is 0 Å². The van der Waals surface area contributed by atoms with E-state index in [1.54, 1.807) is 0 Å². The molecule has 0 bridgehead atoms. The summed E-state index contributed by atoms with van der Waals surface area (Å²) in [4.78, 5) is 33.8. The summed E-state index contributed by atoms with van der Waals surface area (Å²) >= 11 is 0. The van der Waals surface area contributed by atoms with Gasteiger partial charge in [-0.3, -0.25) is 18.6 Å². The van der Waals surface area contributed by atoms with Crippen molar-refractivity contribution in [3.05, 3.63) is 48.6 Å². The first-order chi connectivity index (χ1) is 33.7. The Kier molecular flexibility index (Phi) is 52.1. The second-order valence-corrected chi connectivity index (χ2v) is 20.9. The van der Waals surface area contributed by atoms with Gasteiger partial charge in [0.25, 0.3) is 0 Å². The van der Waals surface area contributed by atoms with Crippen LogP contribution in [0.2, 0.25) is 0 Å². The van der Waals surface area contributed by atoms with Crippen LogP contribution in [0.5, 0.6) is 0 Å². The van der Waals surface area contributed by atoms with Crippen LogP contribution in [-0.2, 0) is 32.7 Å². The van der Waals surface area contributed by atoms with E-state index in [1.807, 2.05) is 0 Å². The molecule has 0 aliphatic carbocycles. The number of unbranched alkanes of at least 4 members (excludes halogenated alkanes) is 33. The molecule has 0 radical (unpaired) electrons. The first-order valence-corrected chi connectivity index (χ1v) is 30.2. The molecular weight excluding hydrogens is 886 g/mol. The number of hydrogen-bond donors (Lipinski definition) is 3. The molecule has 0 aromatic rings. The van der Waals surface area contributed by atoms with Crippen LogP contribution < -0.4 is 5.73 Å². The number of carboxylic acid groups (broad SMARTS) is 1. The first-order valence-electron chi connectivity index (χ1n) is 28.7. The molecule has 11 heteroatoms. The van der Waals surface area contributed by atoms with E-state index in [0.29, 0.717) is 13.0 Å². The molecule has 69 heavy (non-hydrogen) atoms. The molecular formula is C58H108NO9P. The molecule has 10 nitrogen and oxygen atoms in total. The van der Waals surface area contributed by atoms with E-state index in [1.165, 1.54) is 186 Å². The van der Waals surface area contributed by atoms with Gasteiger partial charge in [-0.2, -0.15) is 0 Å². The summed E-state index contributed by atoms with van der Waals surface area (Å²) in [7, 11) is -4.63. The standard InChI is InChI=1S/C58H108NO9P/c1-3-5-7-9-11-13-15-17-19-21-23-25-27-29-31-33-35-37-39-41-43-45-47-49-51-65-52-55(53-66-69(63,64)67-54-56(59)58(61)62)68-57(60)50-48-46-44-42-40-38-36-34-32-30-28-26-24-22-20-18-16-14-12-10-8-6-4-2/h16,18,21-24,28,30,55-56H,3-15,17,19-20,25-27,29,31-54,59H2,1-2H3,(H,61,62)(H,63,64)/b18-16-,23-21-,24-22-,30-28-. The maximum atomic E-state index is 12.7. The van der Waals surface area contributed by atoms with E-state index in [2.05, 4.69) is 62.5 Å². The number of allylic oxidation sites excluding steroid dienone is 8. The number of carbonyl (C=O) groups excluding carboxylic acids is 1. The zero-order chi connectivity index (χ0) is 50.4. The molecule has 4 N–H and O–H groups in total. The Morgan fingerprint density at radius 1 is 0.464 bits per heavy atom. The number of carboxylic acids is 1. The fourth-order valence-corrected chi connectivity index (χ4v) is 8.92. The van der Waals surface area contributed by atoms with Crippen molar-refractivity contribution in [3.63, 3.8) is 0 Å². The highest BCUT2D eigenvalue weighted by molar-refractivity contribution is 7.47. The summed E-state index contributed by atoms with van der Waals surface area (Å²) in [6.07, 6.45) is 66.0. The van der Waals surface area contributed by atoms with Crippen LogP contribution in [-0.4, -0.2) is 60.5 Å². The molecule has 0 aromatic carbocycles. The van der Waals surface area contributed by atoms with Crippen LogP contribution >= 0.6 is 7.82 Å². The molecule has 0 spiro atoms. The Balaban J connectivity index is 4.09. The molecule has 3 unspecified atom stereocenters. The molecule has 0 saturated carbocycles. The predicted octanol–water partition coefficient (Wildman–Crippen LogP) is 17.3. The van der Waals surface area contributed by atoms with Crippen LogP contribution in [0.4, 0.5) is 0 Å². The lowest BCUT2D eigenvalue weighted by Crippen LogP contribution is -2.34. The summed E-state index contributed by atoms with van der Waals surface area (Å²) in [5.74, 6) is -1.78. The van der Waals surface area contributed by atoms with Gasteiger partial charge in [-0.25, -0.2) is 4.57 Å². The van der Waals surface area contributed by atoms with Crippen molar-refractivity contribution in [2.45, 2.75) is 283 Å². The minimum atomic E-state index is -4.63. The highest BCUT2D eigenvalue weighted by Crippen LogP contribution is 2.43. The number of hydrogen-bond acceptors (Lipinski definition) is 8. The monoisotopic (exact) mass is 994 g/mol. The van der Waals surface area contributed by atoms with Gasteiger partial charge in [0.15, 0.2) is 0 Å². The molecule has 0 aromatic heterocycles. The third kappa shape index (κ3) is 53.6. The third-order valence-corrected chi connectivity index (χ3v) is 13.5. The quantitative estimate of drug-likeness (QED) is 0.0232. The molecule has 404 valence electrons. The normalized spacial score (nSPS) is 13.9. The number of esters is 1. The Bertz CT molecular complexity index is 1290.